The number of amides is 2. The zero-order valence-electron chi connectivity index (χ0n) is 16.6. The van der Waals surface area contributed by atoms with Crippen molar-refractivity contribution in [3.63, 3.8) is 0 Å². The van der Waals surface area contributed by atoms with Gasteiger partial charge in [0.2, 0.25) is 0 Å². The standard InChI is InChI=1S/C21H20N4O6/c1-30-16-9-7-15(8-10-16)25-18(21(29)31-24-25)13-17(20(28)22-11-12-26)23-19(27)14-5-3-2-4-6-14/h2-10,13,24,26H,11-12H2,1H3,(H,22,28)/b18-13+,23-17?. The van der Waals surface area contributed by atoms with Gasteiger partial charge in [-0.3, -0.25) is 9.59 Å². The van der Waals surface area contributed by atoms with Gasteiger partial charge < -0.3 is 20.0 Å². The predicted octanol–water partition coefficient (Wildman–Crippen LogP) is 0.752. The fourth-order valence-corrected chi connectivity index (χ4v) is 2.62. The highest BCUT2D eigenvalue weighted by Gasteiger charge is 2.30. The van der Waals surface area contributed by atoms with Crippen LogP contribution in [0.15, 0.2) is 71.4 Å². The molecule has 0 radical (unpaired) electrons. The van der Waals surface area contributed by atoms with Crippen LogP contribution in [0.3, 0.4) is 0 Å². The molecule has 0 atom stereocenters. The first-order valence-electron chi connectivity index (χ1n) is 9.23. The lowest BCUT2D eigenvalue weighted by atomic mass is 10.2. The fraction of sp³-hybridized carbons (Fsp3) is 0.143. The SMILES string of the molecule is COc1ccc(N2NOC(=O)/C2=C\C(=NC(=O)c2ccccc2)C(=O)NCCO)cc1. The third-order valence-corrected chi connectivity index (χ3v) is 4.16. The summed E-state index contributed by atoms with van der Waals surface area (Å²) in [7, 11) is 1.53. The number of ether oxygens (including phenoxy) is 1. The van der Waals surface area contributed by atoms with Crippen LogP contribution in [0, 0.1) is 0 Å². The van der Waals surface area contributed by atoms with Crippen molar-refractivity contribution in [3.8, 4) is 5.75 Å². The molecule has 2 aromatic carbocycles. The molecule has 0 aliphatic carbocycles. The minimum Gasteiger partial charge on any atom is -0.497 e. The number of benzene rings is 2. The van der Waals surface area contributed by atoms with Crippen molar-refractivity contribution in [3.05, 3.63) is 71.9 Å². The van der Waals surface area contributed by atoms with Gasteiger partial charge in [0.1, 0.15) is 11.5 Å². The molecule has 2 aromatic rings. The van der Waals surface area contributed by atoms with Gasteiger partial charge >= 0.3 is 5.97 Å². The van der Waals surface area contributed by atoms with E-state index in [1.54, 1.807) is 54.6 Å². The highest BCUT2D eigenvalue weighted by Crippen LogP contribution is 2.24. The number of aliphatic hydroxyl groups excluding tert-OH is 1. The Morgan fingerprint density at radius 3 is 2.55 bits per heavy atom. The zero-order valence-corrected chi connectivity index (χ0v) is 16.6. The summed E-state index contributed by atoms with van der Waals surface area (Å²) in [6.45, 7) is -0.352. The molecular formula is C21H20N4O6. The number of rotatable bonds is 7. The summed E-state index contributed by atoms with van der Waals surface area (Å²) < 4.78 is 5.12. The number of carbonyl (C=O) groups is 3. The quantitative estimate of drug-likeness (QED) is 0.439. The highest BCUT2D eigenvalue weighted by atomic mass is 16.7. The Kier molecular flexibility index (Phi) is 7.09. The van der Waals surface area contributed by atoms with Crippen LogP contribution in [0.1, 0.15) is 10.4 Å². The Balaban J connectivity index is 1.97. The third kappa shape index (κ3) is 5.32. The molecule has 0 saturated carbocycles. The third-order valence-electron chi connectivity index (χ3n) is 4.16. The average molecular weight is 424 g/mol. The summed E-state index contributed by atoms with van der Waals surface area (Å²) in [6.07, 6.45) is 1.14. The molecule has 1 aliphatic heterocycles. The number of nitrogens with zero attached hydrogens (tertiary/aromatic N) is 2. The van der Waals surface area contributed by atoms with E-state index in [2.05, 4.69) is 15.9 Å². The number of aliphatic imine (C=N–C) groups is 1. The lowest BCUT2D eigenvalue weighted by Crippen LogP contribution is -2.34. The van der Waals surface area contributed by atoms with E-state index in [4.69, 9.17) is 14.7 Å². The summed E-state index contributed by atoms with van der Waals surface area (Å²) >= 11 is 0. The minimum absolute atomic E-state index is 0.0502. The van der Waals surface area contributed by atoms with Gasteiger partial charge in [0, 0.05) is 18.2 Å². The monoisotopic (exact) mass is 424 g/mol. The maximum Gasteiger partial charge on any atom is 0.376 e. The number of methoxy groups -OCH3 is 1. The van der Waals surface area contributed by atoms with Gasteiger partial charge in [0.25, 0.3) is 11.8 Å². The molecule has 1 heterocycles. The summed E-state index contributed by atoms with van der Waals surface area (Å²) in [4.78, 5) is 46.1. The van der Waals surface area contributed by atoms with Crippen molar-refractivity contribution in [2.24, 2.45) is 4.99 Å². The maximum atomic E-state index is 12.5. The molecule has 2 amide bonds. The molecule has 1 saturated heterocycles. The topological polar surface area (TPSA) is 130 Å². The van der Waals surface area contributed by atoms with E-state index in [1.807, 2.05) is 0 Å². The molecule has 0 bridgehead atoms. The Morgan fingerprint density at radius 1 is 1.19 bits per heavy atom. The Hall–Kier alpha value is -4.02. The van der Waals surface area contributed by atoms with Crippen molar-refractivity contribution in [2.45, 2.75) is 0 Å². The predicted molar refractivity (Wildman–Crippen MR) is 111 cm³/mol. The second-order valence-corrected chi connectivity index (χ2v) is 6.19. The van der Waals surface area contributed by atoms with Gasteiger partial charge in [-0.15, -0.1) is 0 Å². The molecule has 10 nitrogen and oxygen atoms in total. The normalized spacial score (nSPS) is 15.0. The number of hydrogen-bond donors (Lipinski definition) is 3. The minimum atomic E-state index is -0.773. The van der Waals surface area contributed by atoms with Crippen LogP contribution in [0.4, 0.5) is 5.69 Å². The highest BCUT2D eigenvalue weighted by molar-refractivity contribution is 6.45. The van der Waals surface area contributed by atoms with E-state index < -0.39 is 17.8 Å². The number of anilines is 1. The molecular weight excluding hydrogens is 404 g/mol. The molecule has 3 N–H and O–H groups in total. The van der Waals surface area contributed by atoms with Gasteiger partial charge in [-0.05, 0) is 36.4 Å². The van der Waals surface area contributed by atoms with Crippen molar-refractivity contribution in [1.29, 1.82) is 0 Å². The van der Waals surface area contributed by atoms with Gasteiger partial charge in [0.15, 0.2) is 5.70 Å². The number of aliphatic hydroxyl groups is 1. The molecule has 3 rings (SSSR count). The molecule has 10 heteroatoms. The number of nitrogens with one attached hydrogen (secondary N) is 2. The first kappa shape index (κ1) is 21.7. The van der Waals surface area contributed by atoms with Crippen molar-refractivity contribution in [1.82, 2.24) is 10.9 Å². The molecule has 0 spiro atoms. The van der Waals surface area contributed by atoms with E-state index in [0.717, 1.165) is 6.08 Å². The molecule has 0 aromatic heterocycles. The summed E-state index contributed by atoms with van der Waals surface area (Å²) in [5.74, 6) is -1.56. The van der Waals surface area contributed by atoms with E-state index in [0.29, 0.717) is 11.4 Å². The number of hydrazine groups is 1. The summed E-state index contributed by atoms with van der Waals surface area (Å²) in [6, 6.07) is 14.9. The van der Waals surface area contributed by atoms with Crippen LogP contribution in [0.5, 0.6) is 5.75 Å². The Labute approximate surface area is 177 Å². The second kappa shape index (κ2) is 10.1. The molecule has 160 valence electrons. The van der Waals surface area contributed by atoms with Crippen molar-refractivity contribution >= 4 is 29.2 Å². The van der Waals surface area contributed by atoms with Crippen LogP contribution in [-0.4, -0.2) is 48.9 Å². The first-order valence-corrected chi connectivity index (χ1v) is 9.23. The lowest BCUT2D eigenvalue weighted by molar-refractivity contribution is -0.140. The number of hydrogen-bond acceptors (Lipinski definition) is 8. The maximum absolute atomic E-state index is 12.5. The van der Waals surface area contributed by atoms with Gasteiger partial charge in [0.05, 0.1) is 19.4 Å². The van der Waals surface area contributed by atoms with Crippen LogP contribution < -0.4 is 20.7 Å². The van der Waals surface area contributed by atoms with Crippen molar-refractivity contribution < 1.29 is 29.1 Å². The van der Waals surface area contributed by atoms with Crippen LogP contribution in [0.2, 0.25) is 0 Å². The largest absolute Gasteiger partial charge is 0.497 e. The van der Waals surface area contributed by atoms with E-state index >= 15 is 0 Å². The van der Waals surface area contributed by atoms with Crippen LogP contribution in [-0.2, 0) is 14.4 Å². The van der Waals surface area contributed by atoms with E-state index in [9.17, 15) is 14.4 Å². The number of carbonyl (C=O) groups excluding carboxylic acids is 3. The lowest BCUT2D eigenvalue weighted by Gasteiger charge is -2.16. The van der Waals surface area contributed by atoms with Crippen molar-refractivity contribution in [2.75, 3.05) is 25.3 Å². The molecule has 0 unspecified atom stereocenters. The Bertz CT molecular complexity index is 1020. The molecule has 1 aliphatic rings. The van der Waals surface area contributed by atoms with E-state index in [1.165, 1.54) is 12.1 Å². The summed E-state index contributed by atoms with van der Waals surface area (Å²) in [5.41, 5.74) is 2.84. The average Bonchev–Trinajstić information content (AvgIpc) is 3.17. The van der Waals surface area contributed by atoms with Crippen LogP contribution in [0.25, 0.3) is 0 Å². The van der Waals surface area contributed by atoms with Gasteiger partial charge in [-0.2, -0.15) is 0 Å². The second-order valence-electron chi connectivity index (χ2n) is 6.19. The Morgan fingerprint density at radius 2 is 1.90 bits per heavy atom. The van der Waals surface area contributed by atoms with E-state index in [-0.39, 0.29) is 30.1 Å². The fourth-order valence-electron chi connectivity index (χ4n) is 2.62. The smallest absolute Gasteiger partial charge is 0.376 e. The van der Waals surface area contributed by atoms with Gasteiger partial charge in [-0.25, -0.2) is 14.8 Å². The zero-order chi connectivity index (χ0) is 22.2. The van der Waals surface area contributed by atoms with Gasteiger partial charge in [-0.1, -0.05) is 23.8 Å². The first-order chi connectivity index (χ1) is 15.0. The molecule has 1 fully saturated rings. The molecule has 31 heavy (non-hydrogen) atoms. The van der Waals surface area contributed by atoms with Crippen LogP contribution >= 0.6 is 0 Å². The summed E-state index contributed by atoms with van der Waals surface area (Å²) in [5, 5.41) is 12.7.